The second-order valence-corrected chi connectivity index (χ2v) is 4.05. The molecule has 0 bridgehead atoms. The van der Waals surface area contributed by atoms with E-state index >= 15 is 0 Å². The molecule has 0 aliphatic carbocycles. The number of hydrogen-bond acceptors (Lipinski definition) is 5. The van der Waals surface area contributed by atoms with E-state index in [1.165, 1.54) is 12.5 Å². The first-order valence-corrected chi connectivity index (χ1v) is 5.70. The number of aromatic nitrogens is 3. The van der Waals surface area contributed by atoms with Crippen LogP contribution in [0.5, 0.6) is 0 Å². The number of aryl methyl sites for hydroxylation is 1. The Bertz CT molecular complexity index is 542. The number of halogens is 1. The Kier molecular flexibility index (Phi) is 3.88. The van der Waals surface area contributed by atoms with E-state index in [1.807, 2.05) is 6.92 Å². The minimum absolute atomic E-state index is 0.271. The molecule has 0 saturated carbocycles. The Hall–Kier alpha value is -1.95. The van der Waals surface area contributed by atoms with Crippen molar-refractivity contribution in [3.8, 4) is 0 Å². The molecule has 2 rings (SSSR count). The van der Waals surface area contributed by atoms with Crippen LogP contribution in [0.15, 0.2) is 23.1 Å². The second kappa shape index (κ2) is 5.59. The molecule has 0 radical (unpaired) electrons. The van der Waals surface area contributed by atoms with Gasteiger partial charge in [0.15, 0.2) is 6.33 Å². The molecule has 0 saturated heterocycles. The van der Waals surface area contributed by atoms with E-state index in [0.717, 1.165) is 5.69 Å². The zero-order chi connectivity index (χ0) is 13.0. The molecule has 0 fully saturated rings. The predicted octanol–water partition coefficient (Wildman–Crippen LogP) is 1.40. The number of nitrogens with zero attached hydrogens (tertiary/aromatic N) is 3. The van der Waals surface area contributed by atoms with Gasteiger partial charge in [-0.15, -0.1) is 0 Å². The highest BCUT2D eigenvalue weighted by Gasteiger charge is 2.11. The third kappa shape index (κ3) is 3.04. The molecule has 6 nitrogen and oxygen atoms in total. The Morgan fingerprint density at radius 2 is 2.33 bits per heavy atom. The number of carbonyl (C=O) groups excluding carboxylic acids is 1. The summed E-state index contributed by atoms with van der Waals surface area (Å²) in [5.74, 6) is 0.204. The van der Waals surface area contributed by atoms with Crippen molar-refractivity contribution in [3.05, 3.63) is 40.8 Å². The molecule has 0 spiro atoms. The summed E-state index contributed by atoms with van der Waals surface area (Å²) in [5.41, 5.74) is 1.12. The Labute approximate surface area is 108 Å². The quantitative estimate of drug-likeness (QED) is 0.905. The van der Waals surface area contributed by atoms with Crippen LogP contribution in [0.2, 0.25) is 5.02 Å². The van der Waals surface area contributed by atoms with Crippen LogP contribution in [0.4, 0.5) is 0 Å². The summed E-state index contributed by atoms with van der Waals surface area (Å²) in [6.45, 7) is 2.20. The second-order valence-electron chi connectivity index (χ2n) is 3.65. The molecule has 7 heteroatoms. The number of amides is 1. The molecular weight excluding hydrogens is 256 g/mol. The van der Waals surface area contributed by atoms with Crippen molar-refractivity contribution >= 4 is 17.5 Å². The number of carbonyl (C=O) groups is 1. The van der Waals surface area contributed by atoms with E-state index in [2.05, 4.69) is 20.4 Å². The monoisotopic (exact) mass is 266 g/mol. The molecule has 18 heavy (non-hydrogen) atoms. The smallest absolute Gasteiger partial charge is 0.254 e. The number of pyridine rings is 1. The summed E-state index contributed by atoms with van der Waals surface area (Å²) in [6.07, 6.45) is 3.25. The van der Waals surface area contributed by atoms with Gasteiger partial charge in [-0.3, -0.25) is 9.78 Å². The fourth-order valence-corrected chi connectivity index (χ4v) is 1.67. The number of rotatable bonds is 4. The number of hydrogen-bond donors (Lipinski definition) is 1. The maximum atomic E-state index is 11.8. The average Bonchev–Trinajstić information content (AvgIpc) is 2.81. The van der Waals surface area contributed by atoms with Crippen LogP contribution >= 0.6 is 11.6 Å². The molecule has 0 aromatic carbocycles. The van der Waals surface area contributed by atoms with Crippen molar-refractivity contribution in [3.63, 3.8) is 0 Å². The van der Waals surface area contributed by atoms with Crippen LogP contribution in [-0.4, -0.2) is 27.6 Å². The van der Waals surface area contributed by atoms with Crippen LogP contribution in [0.1, 0.15) is 21.9 Å². The van der Waals surface area contributed by atoms with E-state index < -0.39 is 0 Å². The molecule has 1 amide bonds. The fraction of sp³-hybridized carbons (Fsp3) is 0.273. The lowest BCUT2D eigenvalue weighted by atomic mass is 10.2. The third-order valence-electron chi connectivity index (χ3n) is 2.27. The van der Waals surface area contributed by atoms with Gasteiger partial charge >= 0.3 is 0 Å². The van der Waals surface area contributed by atoms with Gasteiger partial charge in [-0.2, -0.15) is 4.98 Å². The molecule has 2 aromatic heterocycles. The molecule has 94 valence electrons. The van der Waals surface area contributed by atoms with Gasteiger partial charge in [0.05, 0.1) is 10.6 Å². The molecular formula is C11H11ClN4O2. The molecule has 0 aliphatic rings. The predicted molar refractivity (Wildman–Crippen MR) is 64.3 cm³/mol. The van der Waals surface area contributed by atoms with Gasteiger partial charge in [0.1, 0.15) is 0 Å². The average molecular weight is 267 g/mol. The zero-order valence-corrected chi connectivity index (χ0v) is 10.4. The summed E-state index contributed by atoms with van der Waals surface area (Å²) in [7, 11) is 0. The normalized spacial score (nSPS) is 10.3. The van der Waals surface area contributed by atoms with Gasteiger partial charge in [0.25, 0.3) is 5.91 Å². The zero-order valence-electron chi connectivity index (χ0n) is 9.68. The first-order chi connectivity index (χ1) is 8.66. The number of nitrogens with one attached hydrogen (secondary N) is 1. The maximum absolute atomic E-state index is 11.8. The van der Waals surface area contributed by atoms with Crippen LogP contribution in [0.25, 0.3) is 0 Å². The van der Waals surface area contributed by atoms with Gasteiger partial charge < -0.3 is 9.84 Å². The van der Waals surface area contributed by atoms with Gasteiger partial charge in [0.2, 0.25) is 5.89 Å². The Balaban J connectivity index is 1.91. The Morgan fingerprint density at radius 3 is 3.00 bits per heavy atom. The van der Waals surface area contributed by atoms with Gasteiger partial charge in [-0.05, 0) is 13.0 Å². The standard InChI is InChI=1S/C11H11ClN4O2/c1-7-4-9(12)8(5-14-7)11(17)13-3-2-10-15-6-16-18-10/h4-6H,2-3H2,1H3,(H,13,17). The Morgan fingerprint density at radius 1 is 1.50 bits per heavy atom. The summed E-state index contributed by atoms with van der Waals surface area (Å²) in [6, 6.07) is 1.65. The maximum Gasteiger partial charge on any atom is 0.254 e. The lowest BCUT2D eigenvalue weighted by Gasteiger charge is -2.05. The molecule has 0 unspecified atom stereocenters. The highest BCUT2D eigenvalue weighted by molar-refractivity contribution is 6.33. The fourth-order valence-electron chi connectivity index (χ4n) is 1.38. The summed E-state index contributed by atoms with van der Waals surface area (Å²) in [4.78, 5) is 19.7. The summed E-state index contributed by atoms with van der Waals surface area (Å²) < 4.78 is 4.81. The van der Waals surface area contributed by atoms with Crippen LogP contribution in [0.3, 0.4) is 0 Å². The van der Waals surface area contributed by atoms with Crippen molar-refractivity contribution in [1.29, 1.82) is 0 Å². The first kappa shape index (κ1) is 12.5. The van der Waals surface area contributed by atoms with E-state index in [0.29, 0.717) is 29.4 Å². The van der Waals surface area contributed by atoms with Crippen molar-refractivity contribution in [2.75, 3.05) is 6.54 Å². The summed E-state index contributed by atoms with van der Waals surface area (Å²) >= 11 is 5.96. The minimum Gasteiger partial charge on any atom is -0.351 e. The van der Waals surface area contributed by atoms with Gasteiger partial charge in [-0.25, -0.2) is 0 Å². The van der Waals surface area contributed by atoms with Crippen LogP contribution in [-0.2, 0) is 6.42 Å². The molecule has 2 aromatic rings. The largest absolute Gasteiger partial charge is 0.351 e. The van der Waals surface area contributed by atoms with E-state index in [1.54, 1.807) is 6.07 Å². The first-order valence-electron chi connectivity index (χ1n) is 5.32. The molecule has 0 atom stereocenters. The van der Waals surface area contributed by atoms with Crippen molar-refractivity contribution in [2.45, 2.75) is 13.3 Å². The lowest BCUT2D eigenvalue weighted by Crippen LogP contribution is -2.26. The van der Waals surface area contributed by atoms with Gasteiger partial charge in [-0.1, -0.05) is 16.8 Å². The lowest BCUT2D eigenvalue weighted by molar-refractivity contribution is 0.0953. The van der Waals surface area contributed by atoms with Crippen LogP contribution in [0, 0.1) is 6.92 Å². The minimum atomic E-state index is -0.271. The van der Waals surface area contributed by atoms with Crippen molar-refractivity contribution in [1.82, 2.24) is 20.4 Å². The highest BCUT2D eigenvalue weighted by Crippen LogP contribution is 2.15. The van der Waals surface area contributed by atoms with Crippen LogP contribution < -0.4 is 5.32 Å². The molecule has 0 aliphatic heterocycles. The topological polar surface area (TPSA) is 80.9 Å². The van der Waals surface area contributed by atoms with Gasteiger partial charge in [0, 0.05) is 24.9 Å². The van der Waals surface area contributed by atoms with E-state index in [9.17, 15) is 4.79 Å². The SMILES string of the molecule is Cc1cc(Cl)c(C(=O)NCCc2ncno2)cn1. The third-order valence-corrected chi connectivity index (χ3v) is 2.58. The molecule has 1 N–H and O–H groups in total. The van der Waals surface area contributed by atoms with Crippen molar-refractivity contribution in [2.24, 2.45) is 0 Å². The highest BCUT2D eigenvalue weighted by atomic mass is 35.5. The van der Waals surface area contributed by atoms with E-state index in [4.69, 9.17) is 16.1 Å². The van der Waals surface area contributed by atoms with Crippen molar-refractivity contribution < 1.29 is 9.32 Å². The summed E-state index contributed by atoms with van der Waals surface area (Å²) in [5, 5.41) is 6.57. The van der Waals surface area contributed by atoms with E-state index in [-0.39, 0.29) is 5.91 Å². The molecule has 2 heterocycles.